The lowest BCUT2D eigenvalue weighted by atomic mass is 9.81. The second-order valence-corrected chi connectivity index (χ2v) is 5.48. The molecule has 114 valence electrons. The lowest BCUT2D eigenvalue weighted by Gasteiger charge is -2.34. The Labute approximate surface area is 126 Å². The average Bonchev–Trinajstić information content (AvgIpc) is 2.51. The minimum Gasteiger partial charge on any atom is -0.350 e. The van der Waals surface area contributed by atoms with Gasteiger partial charge in [-0.25, -0.2) is 13.8 Å². The van der Waals surface area contributed by atoms with Gasteiger partial charge in [0, 0.05) is 37.3 Å². The largest absolute Gasteiger partial charge is 0.350 e. The summed E-state index contributed by atoms with van der Waals surface area (Å²) in [5.41, 5.74) is 1.81. The van der Waals surface area contributed by atoms with Gasteiger partial charge >= 0.3 is 0 Å². The molecule has 0 aliphatic heterocycles. The maximum Gasteiger partial charge on any atom is 0.269 e. The van der Waals surface area contributed by atoms with E-state index in [0.29, 0.717) is 5.69 Å². The van der Waals surface area contributed by atoms with Crippen molar-refractivity contribution in [3.63, 3.8) is 0 Å². The molecule has 6 heteroatoms. The molecule has 2 aromatic rings. The molecule has 0 atom stereocenters. The number of carbonyl (C=O) groups excluding carboxylic acids is 1. The third kappa shape index (κ3) is 3.27. The Hall–Kier alpha value is -2.37. The van der Waals surface area contributed by atoms with Crippen LogP contribution in [0, 0.1) is 5.92 Å². The Kier molecular flexibility index (Phi) is 3.83. The van der Waals surface area contributed by atoms with Crippen LogP contribution in [0.3, 0.4) is 0 Å². The topological polar surface area (TPSA) is 54.9 Å². The molecule has 0 radical (unpaired) electrons. The summed E-state index contributed by atoms with van der Waals surface area (Å²) in [5, 5.41) is 2.67. The molecule has 2 heterocycles. The molecule has 2 aromatic heterocycles. The van der Waals surface area contributed by atoms with E-state index < -0.39 is 5.92 Å². The molecule has 1 fully saturated rings. The van der Waals surface area contributed by atoms with Crippen molar-refractivity contribution in [3.05, 3.63) is 48.4 Å². The minimum atomic E-state index is -2.56. The molecule has 0 aromatic carbocycles. The second kappa shape index (κ2) is 5.79. The number of aromatic nitrogens is 2. The maximum atomic E-state index is 12.7. The number of pyridine rings is 2. The van der Waals surface area contributed by atoms with Crippen molar-refractivity contribution in [2.45, 2.75) is 18.8 Å². The molecule has 1 aliphatic carbocycles. The quantitative estimate of drug-likeness (QED) is 0.945. The number of carbonyl (C=O) groups is 1. The zero-order valence-electron chi connectivity index (χ0n) is 11.8. The molecule has 1 N–H and O–H groups in total. The third-order valence-corrected chi connectivity index (χ3v) is 3.68. The van der Waals surface area contributed by atoms with E-state index in [4.69, 9.17) is 0 Å². The summed E-state index contributed by atoms with van der Waals surface area (Å²) >= 11 is 0. The van der Waals surface area contributed by atoms with Crippen molar-refractivity contribution >= 4 is 5.91 Å². The van der Waals surface area contributed by atoms with Crippen LogP contribution in [0.5, 0.6) is 0 Å². The number of hydrogen-bond acceptors (Lipinski definition) is 3. The van der Waals surface area contributed by atoms with E-state index in [1.54, 1.807) is 42.7 Å². The Morgan fingerprint density at radius 3 is 2.64 bits per heavy atom. The zero-order chi connectivity index (χ0) is 15.6. The Morgan fingerprint density at radius 2 is 1.95 bits per heavy atom. The SMILES string of the molecule is O=C(NCC1CC(F)(F)C1)c1cccc(-c2ccncc2)n1. The molecule has 1 amide bonds. The fraction of sp³-hybridized carbons (Fsp3) is 0.312. The summed E-state index contributed by atoms with van der Waals surface area (Å²) in [6.07, 6.45) is 3.00. The molecular weight excluding hydrogens is 288 g/mol. The van der Waals surface area contributed by atoms with Gasteiger partial charge in [0.25, 0.3) is 5.91 Å². The Bertz CT molecular complexity index is 668. The first-order valence-corrected chi connectivity index (χ1v) is 7.07. The number of amides is 1. The highest BCUT2D eigenvalue weighted by Crippen LogP contribution is 2.41. The third-order valence-electron chi connectivity index (χ3n) is 3.68. The number of nitrogens with zero attached hydrogens (tertiary/aromatic N) is 2. The molecule has 1 aliphatic rings. The fourth-order valence-corrected chi connectivity index (χ4v) is 2.50. The van der Waals surface area contributed by atoms with Crippen molar-refractivity contribution < 1.29 is 13.6 Å². The van der Waals surface area contributed by atoms with E-state index in [9.17, 15) is 13.6 Å². The fourth-order valence-electron chi connectivity index (χ4n) is 2.50. The van der Waals surface area contributed by atoms with Gasteiger partial charge in [0.1, 0.15) is 5.69 Å². The van der Waals surface area contributed by atoms with E-state index in [0.717, 1.165) is 5.56 Å². The predicted molar refractivity (Wildman–Crippen MR) is 77.5 cm³/mol. The van der Waals surface area contributed by atoms with Gasteiger partial charge in [0.15, 0.2) is 0 Å². The monoisotopic (exact) mass is 303 g/mol. The molecule has 0 saturated heterocycles. The molecule has 4 nitrogen and oxygen atoms in total. The van der Waals surface area contributed by atoms with E-state index in [1.807, 2.05) is 0 Å². The molecule has 3 rings (SSSR count). The highest BCUT2D eigenvalue weighted by molar-refractivity contribution is 5.92. The molecule has 22 heavy (non-hydrogen) atoms. The standard InChI is InChI=1S/C16H15F2N3O/c17-16(18)8-11(9-16)10-20-15(22)14-3-1-2-13(21-14)12-4-6-19-7-5-12/h1-7,11H,8-10H2,(H,20,22). The minimum absolute atomic E-state index is 0.151. The van der Waals surface area contributed by atoms with Crippen LogP contribution in [0.1, 0.15) is 23.3 Å². The van der Waals surface area contributed by atoms with Gasteiger partial charge < -0.3 is 5.32 Å². The summed E-state index contributed by atoms with van der Waals surface area (Å²) < 4.78 is 25.5. The second-order valence-electron chi connectivity index (χ2n) is 5.48. The van der Waals surface area contributed by atoms with Gasteiger partial charge in [-0.15, -0.1) is 0 Å². The number of alkyl halides is 2. The first-order chi connectivity index (χ1) is 10.5. The zero-order valence-corrected chi connectivity index (χ0v) is 11.8. The summed E-state index contributed by atoms with van der Waals surface area (Å²) in [4.78, 5) is 20.3. The summed E-state index contributed by atoms with van der Waals surface area (Å²) in [5.74, 6) is -3.05. The van der Waals surface area contributed by atoms with Crippen LogP contribution in [0.2, 0.25) is 0 Å². The average molecular weight is 303 g/mol. The van der Waals surface area contributed by atoms with Gasteiger partial charge in [0.05, 0.1) is 5.69 Å². The molecule has 0 bridgehead atoms. The smallest absolute Gasteiger partial charge is 0.269 e. The van der Waals surface area contributed by atoms with Gasteiger partial charge in [-0.1, -0.05) is 6.07 Å². The van der Waals surface area contributed by atoms with E-state index in [1.165, 1.54) is 0 Å². The van der Waals surface area contributed by atoms with Gasteiger partial charge in [-0.05, 0) is 30.2 Å². The Balaban J connectivity index is 1.63. The highest BCUT2D eigenvalue weighted by Gasteiger charge is 2.45. The van der Waals surface area contributed by atoms with E-state index in [-0.39, 0.29) is 36.9 Å². The van der Waals surface area contributed by atoms with E-state index >= 15 is 0 Å². The van der Waals surface area contributed by atoms with Crippen LogP contribution in [-0.2, 0) is 0 Å². The van der Waals surface area contributed by atoms with Crippen molar-refractivity contribution in [2.75, 3.05) is 6.54 Å². The maximum absolute atomic E-state index is 12.7. The van der Waals surface area contributed by atoms with E-state index in [2.05, 4.69) is 15.3 Å². The van der Waals surface area contributed by atoms with Crippen LogP contribution in [0.25, 0.3) is 11.3 Å². The summed E-state index contributed by atoms with van der Waals surface area (Å²) in [6, 6.07) is 8.77. The van der Waals surface area contributed by atoms with Crippen LogP contribution in [-0.4, -0.2) is 28.3 Å². The van der Waals surface area contributed by atoms with Crippen molar-refractivity contribution in [3.8, 4) is 11.3 Å². The summed E-state index contributed by atoms with van der Waals surface area (Å²) in [7, 11) is 0. The predicted octanol–water partition coefficient (Wildman–Crippen LogP) is 2.92. The van der Waals surface area contributed by atoms with Crippen LogP contribution < -0.4 is 5.32 Å². The van der Waals surface area contributed by atoms with Crippen molar-refractivity contribution in [1.82, 2.24) is 15.3 Å². The van der Waals surface area contributed by atoms with Gasteiger partial charge in [-0.2, -0.15) is 0 Å². The molecular formula is C16H15F2N3O. The molecule has 0 unspecified atom stereocenters. The number of nitrogens with one attached hydrogen (secondary N) is 1. The summed E-state index contributed by atoms with van der Waals surface area (Å²) in [6.45, 7) is 0.260. The first-order valence-electron chi connectivity index (χ1n) is 7.07. The lowest BCUT2D eigenvalue weighted by molar-refractivity contribution is -0.108. The first kappa shape index (κ1) is 14.6. The van der Waals surface area contributed by atoms with Gasteiger partial charge in [-0.3, -0.25) is 9.78 Å². The highest BCUT2D eigenvalue weighted by atomic mass is 19.3. The van der Waals surface area contributed by atoms with Crippen molar-refractivity contribution in [2.24, 2.45) is 5.92 Å². The number of rotatable bonds is 4. The van der Waals surface area contributed by atoms with Crippen LogP contribution in [0.15, 0.2) is 42.7 Å². The van der Waals surface area contributed by atoms with Crippen LogP contribution >= 0.6 is 0 Å². The Morgan fingerprint density at radius 1 is 1.23 bits per heavy atom. The van der Waals surface area contributed by atoms with Crippen LogP contribution in [0.4, 0.5) is 8.78 Å². The van der Waals surface area contributed by atoms with Crippen molar-refractivity contribution in [1.29, 1.82) is 0 Å². The number of halogens is 2. The normalized spacial score (nSPS) is 16.8. The van der Waals surface area contributed by atoms with Gasteiger partial charge in [0.2, 0.25) is 5.92 Å². The molecule has 1 saturated carbocycles. The number of hydrogen-bond donors (Lipinski definition) is 1. The molecule has 0 spiro atoms. The lowest BCUT2D eigenvalue weighted by Crippen LogP contribution is -2.42.